The van der Waals surface area contributed by atoms with Gasteiger partial charge < -0.3 is 42.0 Å². The van der Waals surface area contributed by atoms with Crippen LogP contribution in [0.4, 0.5) is 0 Å². The van der Waals surface area contributed by atoms with Gasteiger partial charge in [-0.1, -0.05) is 41.7 Å². The van der Waals surface area contributed by atoms with Crippen LogP contribution in [0.2, 0.25) is 0 Å². The molecule has 0 amide bonds. The van der Waals surface area contributed by atoms with E-state index in [0.29, 0.717) is 12.8 Å². The maximum absolute atomic E-state index is 8.27. The van der Waals surface area contributed by atoms with Crippen LogP contribution in [0, 0.1) is 13.1 Å². The van der Waals surface area contributed by atoms with E-state index < -0.39 is 50.2 Å². The molecule has 2 heterocycles. The Kier molecular flexibility index (Phi) is 17.2. The second-order valence-corrected chi connectivity index (χ2v) is 17.2. The monoisotopic (exact) mass is 727 g/mol. The molecule has 0 aromatic heterocycles. The number of rotatable bonds is 19. The lowest BCUT2D eigenvalue weighted by molar-refractivity contribution is -0.124. The minimum Gasteiger partial charge on any atom is -0.373 e. The largest absolute Gasteiger partial charge is 0.373 e. The second kappa shape index (κ2) is 19.4. The summed E-state index contributed by atoms with van der Waals surface area (Å²) < 4.78 is 56.4. The number of hydrogen-bond acceptors (Lipinski definition) is 10. The van der Waals surface area contributed by atoms with Crippen LogP contribution in [0.1, 0.15) is 62.2 Å². The van der Waals surface area contributed by atoms with E-state index >= 15 is 0 Å². The van der Waals surface area contributed by atoms with Gasteiger partial charge in [0.15, 0.2) is 0 Å². The Morgan fingerprint density at radius 2 is 1.77 bits per heavy atom. The molecule has 0 aromatic rings. The Bertz CT molecular complexity index is 1000. The van der Waals surface area contributed by atoms with Gasteiger partial charge in [-0.25, -0.2) is 17.8 Å². The average Bonchev–Trinajstić information content (AvgIpc) is 3.45. The molecule has 11 nitrogen and oxygen atoms in total. The molecule has 0 spiro atoms. The number of nitrogens with zero attached hydrogens (tertiary/aromatic N) is 3. The van der Waals surface area contributed by atoms with Gasteiger partial charge in [0.25, 0.3) is 8.53 Å². The van der Waals surface area contributed by atoms with Gasteiger partial charge in [0, 0.05) is 31.5 Å². The topological polar surface area (TPSA) is 85.8 Å². The molecule has 2 aliphatic rings. The van der Waals surface area contributed by atoms with Gasteiger partial charge in [-0.15, -0.1) is 0 Å². The van der Waals surface area contributed by atoms with Crippen molar-refractivity contribution in [2.24, 2.45) is 0 Å². The van der Waals surface area contributed by atoms with Gasteiger partial charge in [0.05, 0.1) is 32.4 Å². The molecule has 43 heavy (non-hydrogen) atoms. The van der Waals surface area contributed by atoms with Crippen LogP contribution >= 0.6 is 50.0 Å². The molecule has 2 rings (SSSR count). The molecule has 0 saturated carbocycles. The standard InChI is InChI=1S/C26H44Cl3N3O8P2S/c1-9-21-23(16-20(6)37-21)39-42(43,36-15-12-31-8)40-25(26(27,28)29)34-17-24-22(10-13-33-24)38-41(35-14-11-30-7)32(18(2)3)19(4)5/h18-25H,9-17H2,1-6H3/t20-,21+,22?,23?,24+,25?,41?,42?/m0/s1/i13T/t13?,20-,21+,22?,23?,24+,25?,41?,42?. The molecular weight excluding hydrogens is 683 g/mol. The van der Waals surface area contributed by atoms with Crippen LogP contribution in [0.15, 0.2) is 0 Å². The molecule has 2 saturated heterocycles. The van der Waals surface area contributed by atoms with Crippen LogP contribution < -0.4 is 0 Å². The van der Waals surface area contributed by atoms with Gasteiger partial charge in [-0.2, -0.15) is 0 Å². The highest BCUT2D eigenvalue weighted by atomic mass is 35.6. The summed E-state index contributed by atoms with van der Waals surface area (Å²) in [5.74, 6) is 0. The summed E-state index contributed by atoms with van der Waals surface area (Å²) in [5, 5.41) is 0. The van der Waals surface area contributed by atoms with Gasteiger partial charge in [-0.3, -0.25) is 4.52 Å². The molecule has 0 aliphatic carbocycles. The van der Waals surface area contributed by atoms with E-state index in [2.05, 4.69) is 14.4 Å². The summed E-state index contributed by atoms with van der Waals surface area (Å²) >= 11 is 24.6. The molecule has 6 unspecified atom stereocenters. The zero-order chi connectivity index (χ0) is 33.1. The fourth-order valence-corrected chi connectivity index (χ4v) is 9.03. The highest BCUT2D eigenvalue weighted by molar-refractivity contribution is 8.07. The first-order valence-electron chi connectivity index (χ1n) is 14.8. The van der Waals surface area contributed by atoms with Gasteiger partial charge in [-0.05, 0) is 52.8 Å². The van der Waals surface area contributed by atoms with E-state index in [1.54, 1.807) is 0 Å². The van der Waals surface area contributed by atoms with Gasteiger partial charge in [0.1, 0.15) is 19.3 Å². The highest BCUT2D eigenvalue weighted by Gasteiger charge is 2.45. The number of alkyl halides is 3. The molecule has 0 bridgehead atoms. The Hall–Kier alpha value is 0.570. The van der Waals surface area contributed by atoms with Crippen molar-refractivity contribution in [3.05, 3.63) is 22.8 Å². The maximum Gasteiger partial charge on any atom is 0.330 e. The first-order chi connectivity index (χ1) is 20.6. The fourth-order valence-electron chi connectivity index (χ4n) is 4.50. The van der Waals surface area contributed by atoms with E-state index in [0.717, 1.165) is 0 Å². The molecule has 0 aromatic carbocycles. The predicted octanol–water partition coefficient (Wildman–Crippen LogP) is 7.30. The lowest BCUT2D eigenvalue weighted by Crippen LogP contribution is -2.39. The molecule has 0 N–H and O–H groups in total. The summed E-state index contributed by atoms with van der Waals surface area (Å²) in [6, 6.07) is 0.181. The zero-order valence-electron chi connectivity index (χ0n) is 26.4. The second-order valence-electron chi connectivity index (χ2n) is 10.5. The molecule has 17 heteroatoms. The average molecular weight is 729 g/mol. The van der Waals surface area contributed by atoms with Crippen LogP contribution in [0.25, 0.3) is 9.69 Å². The SMILES string of the molecule is [3H]C1CC(OP(OCC[N+]#[C-])N(C(C)C)C(C)C)[C@@H](COC(OP(=S)(OCC[N+]#[C-])OC2C[C@H](C)O[C@@H]2CC)C(Cl)(Cl)Cl)O1. The van der Waals surface area contributed by atoms with Crippen LogP contribution in [0.3, 0.4) is 0 Å². The summed E-state index contributed by atoms with van der Waals surface area (Å²) in [5.41, 5.74) is 0. The summed E-state index contributed by atoms with van der Waals surface area (Å²) in [6.07, 6.45) is -2.07. The fraction of sp³-hybridized carbons (Fsp3) is 0.923. The molecule has 0 radical (unpaired) electrons. The third-order valence-corrected chi connectivity index (χ3v) is 11.3. The van der Waals surface area contributed by atoms with E-state index in [4.69, 9.17) is 98.0 Å². The van der Waals surface area contributed by atoms with Crippen molar-refractivity contribution >= 4 is 61.9 Å². The lowest BCUT2D eigenvalue weighted by atomic mass is 10.1. The van der Waals surface area contributed by atoms with Crippen LogP contribution in [-0.4, -0.2) is 96.8 Å². The Balaban J connectivity index is 2.22. The quantitative estimate of drug-likeness (QED) is 0.0444. The number of ether oxygens (including phenoxy) is 3. The van der Waals surface area contributed by atoms with Gasteiger partial charge in [0.2, 0.25) is 23.2 Å². The van der Waals surface area contributed by atoms with Gasteiger partial charge >= 0.3 is 6.72 Å². The van der Waals surface area contributed by atoms with Crippen molar-refractivity contribution in [2.45, 2.75) is 113 Å². The minimum absolute atomic E-state index is 0.0315. The lowest BCUT2D eigenvalue weighted by Gasteiger charge is -2.37. The third-order valence-electron chi connectivity index (χ3n) is 6.30. The van der Waals surface area contributed by atoms with Crippen molar-refractivity contribution in [1.29, 1.82) is 0 Å². The normalized spacial score (nSPS) is 29.4. The predicted molar refractivity (Wildman–Crippen MR) is 173 cm³/mol. The van der Waals surface area contributed by atoms with Crippen molar-refractivity contribution in [3.8, 4) is 0 Å². The third kappa shape index (κ3) is 13.3. The first-order valence-corrected chi connectivity index (χ1v) is 19.0. The van der Waals surface area contributed by atoms with E-state index in [1.807, 2.05) is 41.5 Å². The molecule has 2 fully saturated rings. The van der Waals surface area contributed by atoms with Crippen molar-refractivity contribution in [3.63, 3.8) is 0 Å². The summed E-state index contributed by atoms with van der Waals surface area (Å²) in [6.45, 7) is 22.0. The zero-order valence-corrected chi connectivity index (χ0v) is 30.3. The Morgan fingerprint density at radius 3 is 2.35 bits per heavy atom. The van der Waals surface area contributed by atoms with Crippen LogP contribution in [0.5, 0.6) is 0 Å². The first kappa shape index (κ1) is 38.0. The smallest absolute Gasteiger partial charge is 0.330 e. The molecule has 248 valence electrons. The molecular formula is C26H44Cl3N3O8P2S. The van der Waals surface area contributed by atoms with E-state index in [-0.39, 0.29) is 63.6 Å². The maximum atomic E-state index is 8.27. The highest BCUT2D eigenvalue weighted by Crippen LogP contribution is 2.56. The molecule has 9 atom stereocenters. The summed E-state index contributed by atoms with van der Waals surface area (Å²) in [4.78, 5) is 6.67. The Morgan fingerprint density at radius 1 is 1.12 bits per heavy atom. The van der Waals surface area contributed by atoms with E-state index in [1.165, 1.54) is 0 Å². The number of halogens is 3. The Labute approximate surface area is 279 Å². The van der Waals surface area contributed by atoms with Crippen molar-refractivity contribution in [1.82, 2.24) is 4.67 Å². The van der Waals surface area contributed by atoms with E-state index in [9.17, 15) is 0 Å². The molecule has 2 aliphatic heterocycles. The minimum atomic E-state index is -3.62. The van der Waals surface area contributed by atoms with Crippen molar-refractivity contribution in [2.75, 3.05) is 39.5 Å². The van der Waals surface area contributed by atoms with Crippen LogP contribution in [-0.2, 0) is 48.6 Å². The number of hydrogen-bond donors (Lipinski definition) is 0. The van der Waals surface area contributed by atoms with Crippen molar-refractivity contribution < 1.29 is 38.2 Å². The summed E-state index contributed by atoms with van der Waals surface area (Å²) in [7, 11) is -1.59.